The van der Waals surface area contributed by atoms with Gasteiger partial charge in [-0.2, -0.15) is 4.31 Å². The number of rotatable bonds is 5. The molecule has 0 fully saturated rings. The van der Waals surface area contributed by atoms with Gasteiger partial charge in [-0.05, 0) is 38.1 Å². The Labute approximate surface area is 151 Å². The highest BCUT2D eigenvalue weighted by molar-refractivity contribution is 7.89. The summed E-state index contributed by atoms with van der Waals surface area (Å²) in [4.78, 5) is 16.1. The van der Waals surface area contributed by atoms with Gasteiger partial charge in [0, 0.05) is 12.6 Å². The normalized spacial score (nSPS) is 13.3. The van der Waals surface area contributed by atoms with Crippen LogP contribution in [0.3, 0.4) is 0 Å². The van der Waals surface area contributed by atoms with Gasteiger partial charge in [0.05, 0.1) is 21.2 Å². The highest BCUT2D eigenvalue weighted by Gasteiger charge is 2.28. The molecule has 0 saturated heterocycles. The molecule has 25 heavy (non-hydrogen) atoms. The summed E-state index contributed by atoms with van der Waals surface area (Å²) >= 11 is 1.49. The van der Waals surface area contributed by atoms with Gasteiger partial charge in [0.15, 0.2) is 5.78 Å². The van der Waals surface area contributed by atoms with Gasteiger partial charge >= 0.3 is 0 Å². The van der Waals surface area contributed by atoms with Crippen molar-refractivity contribution >= 4 is 37.4 Å². The van der Waals surface area contributed by atoms with Crippen LogP contribution in [0.1, 0.15) is 35.3 Å². The minimum atomic E-state index is -3.68. The molecule has 0 radical (unpaired) electrons. The molecule has 1 aromatic heterocycles. The molecule has 2 aromatic carbocycles. The fourth-order valence-electron chi connectivity index (χ4n) is 2.46. The first-order valence-electron chi connectivity index (χ1n) is 7.75. The molecule has 0 bridgehead atoms. The Morgan fingerprint density at radius 1 is 1.12 bits per heavy atom. The second kappa shape index (κ2) is 6.67. The first-order valence-corrected chi connectivity index (χ1v) is 10.0. The van der Waals surface area contributed by atoms with E-state index >= 15 is 0 Å². The molecule has 0 aliphatic rings. The van der Waals surface area contributed by atoms with Crippen LogP contribution in [0, 0.1) is 0 Å². The minimum absolute atomic E-state index is 0.0971. The maximum atomic E-state index is 12.9. The molecule has 3 rings (SSSR count). The predicted octanol–water partition coefficient (Wildman–Crippen LogP) is 3.88. The second-order valence-electron chi connectivity index (χ2n) is 5.80. The average Bonchev–Trinajstić information content (AvgIpc) is 3.04. The largest absolute Gasteiger partial charge is 0.295 e. The average molecular weight is 374 g/mol. The van der Waals surface area contributed by atoms with E-state index in [0.29, 0.717) is 5.56 Å². The van der Waals surface area contributed by atoms with Gasteiger partial charge in [-0.25, -0.2) is 13.4 Å². The van der Waals surface area contributed by atoms with E-state index in [1.165, 1.54) is 46.8 Å². The number of nitrogens with zero attached hydrogens (tertiary/aromatic N) is 2. The van der Waals surface area contributed by atoms with E-state index < -0.39 is 16.1 Å². The molecule has 0 unspecified atom stereocenters. The molecule has 0 saturated carbocycles. The van der Waals surface area contributed by atoms with Gasteiger partial charge in [0.25, 0.3) is 0 Å². The van der Waals surface area contributed by atoms with Crippen LogP contribution in [0.4, 0.5) is 0 Å². The van der Waals surface area contributed by atoms with Crippen LogP contribution in [0.2, 0.25) is 0 Å². The van der Waals surface area contributed by atoms with E-state index in [4.69, 9.17) is 0 Å². The Morgan fingerprint density at radius 2 is 1.76 bits per heavy atom. The van der Waals surface area contributed by atoms with Crippen molar-refractivity contribution in [3.8, 4) is 0 Å². The molecule has 0 N–H and O–H groups in total. The van der Waals surface area contributed by atoms with E-state index in [0.717, 1.165) is 15.2 Å². The van der Waals surface area contributed by atoms with E-state index in [2.05, 4.69) is 4.98 Å². The van der Waals surface area contributed by atoms with Gasteiger partial charge in [-0.15, -0.1) is 11.3 Å². The molecular weight excluding hydrogens is 356 g/mol. The standard InChI is InChI=1S/C18H18N2O3S2/c1-12(18-19-16-6-4-5-7-17(16)24-18)20(3)25(22,23)15-10-8-14(9-11-15)13(2)21/h4-12H,1-3H3/t12-/m0/s1. The Hall–Kier alpha value is -2.09. The molecule has 1 atom stereocenters. The molecule has 0 amide bonds. The topological polar surface area (TPSA) is 67.3 Å². The maximum Gasteiger partial charge on any atom is 0.243 e. The molecule has 5 nitrogen and oxygen atoms in total. The van der Waals surface area contributed by atoms with Crippen molar-refractivity contribution in [3.05, 3.63) is 59.1 Å². The first kappa shape index (κ1) is 17.7. The zero-order valence-corrected chi connectivity index (χ0v) is 15.8. The number of ketones is 1. The number of benzene rings is 2. The van der Waals surface area contributed by atoms with Crippen LogP contribution in [0.15, 0.2) is 53.4 Å². The zero-order chi connectivity index (χ0) is 18.2. The first-order chi connectivity index (χ1) is 11.8. The summed E-state index contributed by atoms with van der Waals surface area (Å²) in [7, 11) is -2.13. The molecular formula is C18H18N2O3S2. The lowest BCUT2D eigenvalue weighted by molar-refractivity contribution is 0.101. The SMILES string of the molecule is CC(=O)c1ccc(S(=O)(=O)N(C)[C@@H](C)c2nc3ccccc3s2)cc1. The molecule has 0 spiro atoms. The van der Waals surface area contributed by atoms with Crippen LogP contribution >= 0.6 is 11.3 Å². The number of fused-ring (bicyclic) bond motifs is 1. The molecule has 3 aromatic rings. The third-order valence-corrected chi connectivity index (χ3v) is 7.30. The Kier molecular flexibility index (Phi) is 4.73. The monoisotopic (exact) mass is 374 g/mol. The van der Waals surface area contributed by atoms with Crippen LogP contribution in [-0.4, -0.2) is 30.5 Å². The van der Waals surface area contributed by atoms with Gasteiger partial charge in [0.1, 0.15) is 5.01 Å². The van der Waals surface area contributed by atoms with Crippen molar-refractivity contribution in [2.75, 3.05) is 7.05 Å². The van der Waals surface area contributed by atoms with Crippen molar-refractivity contribution < 1.29 is 13.2 Å². The van der Waals surface area contributed by atoms with E-state index in [-0.39, 0.29) is 10.7 Å². The van der Waals surface area contributed by atoms with Gasteiger partial charge < -0.3 is 0 Å². The lowest BCUT2D eigenvalue weighted by atomic mass is 10.2. The number of carbonyl (C=O) groups excluding carboxylic acids is 1. The lowest BCUT2D eigenvalue weighted by Gasteiger charge is -2.22. The summed E-state index contributed by atoms with van der Waals surface area (Å²) in [6, 6.07) is 13.3. The number of aromatic nitrogens is 1. The summed E-state index contributed by atoms with van der Waals surface area (Å²) < 4.78 is 28.1. The van der Waals surface area contributed by atoms with Crippen LogP contribution < -0.4 is 0 Å². The van der Waals surface area contributed by atoms with E-state index in [1.807, 2.05) is 31.2 Å². The zero-order valence-electron chi connectivity index (χ0n) is 14.1. The molecule has 130 valence electrons. The van der Waals surface area contributed by atoms with Crippen molar-refractivity contribution in [2.24, 2.45) is 0 Å². The lowest BCUT2D eigenvalue weighted by Crippen LogP contribution is -2.29. The van der Waals surface area contributed by atoms with E-state index in [1.54, 1.807) is 7.05 Å². The van der Waals surface area contributed by atoms with Crippen LogP contribution in [0.25, 0.3) is 10.2 Å². The number of hydrogen-bond donors (Lipinski definition) is 0. The quantitative estimate of drug-likeness (QED) is 0.636. The number of para-hydroxylation sites is 1. The van der Waals surface area contributed by atoms with Crippen molar-refractivity contribution in [3.63, 3.8) is 0 Å². The number of thiazole rings is 1. The van der Waals surface area contributed by atoms with Crippen molar-refractivity contribution in [2.45, 2.75) is 24.8 Å². The highest BCUT2D eigenvalue weighted by Crippen LogP contribution is 2.31. The predicted molar refractivity (Wildman–Crippen MR) is 99.4 cm³/mol. The highest BCUT2D eigenvalue weighted by atomic mass is 32.2. The third kappa shape index (κ3) is 3.35. The second-order valence-corrected chi connectivity index (χ2v) is 8.86. The third-order valence-electron chi connectivity index (χ3n) is 4.15. The fraction of sp³-hybridized carbons (Fsp3) is 0.222. The Morgan fingerprint density at radius 3 is 2.36 bits per heavy atom. The number of hydrogen-bond acceptors (Lipinski definition) is 5. The summed E-state index contributed by atoms with van der Waals surface area (Å²) in [6.07, 6.45) is 0. The van der Waals surface area contributed by atoms with Crippen molar-refractivity contribution in [1.82, 2.24) is 9.29 Å². The maximum absolute atomic E-state index is 12.9. The smallest absolute Gasteiger partial charge is 0.243 e. The molecule has 7 heteroatoms. The summed E-state index contributed by atoms with van der Waals surface area (Å²) in [6.45, 7) is 3.27. The fourth-order valence-corrected chi connectivity index (χ4v) is 4.92. The Bertz CT molecular complexity index is 991. The van der Waals surface area contributed by atoms with Gasteiger partial charge in [0.2, 0.25) is 10.0 Å². The van der Waals surface area contributed by atoms with Gasteiger partial charge in [-0.3, -0.25) is 4.79 Å². The molecule has 0 aliphatic carbocycles. The van der Waals surface area contributed by atoms with Crippen LogP contribution in [-0.2, 0) is 10.0 Å². The molecule has 0 aliphatic heterocycles. The summed E-state index contributed by atoms with van der Waals surface area (Å²) in [5.41, 5.74) is 1.35. The van der Waals surface area contributed by atoms with Crippen molar-refractivity contribution in [1.29, 1.82) is 0 Å². The minimum Gasteiger partial charge on any atom is -0.295 e. The molecule has 1 heterocycles. The number of sulfonamides is 1. The summed E-state index contributed by atoms with van der Waals surface area (Å²) in [5.74, 6) is -0.0971. The van der Waals surface area contributed by atoms with Gasteiger partial charge in [-0.1, -0.05) is 24.3 Å². The summed E-state index contributed by atoms with van der Waals surface area (Å²) in [5, 5.41) is 0.743. The number of Topliss-reactive ketones (excluding diaryl/α,β-unsaturated/α-hetero) is 1. The van der Waals surface area contributed by atoms with E-state index in [9.17, 15) is 13.2 Å². The van der Waals surface area contributed by atoms with Crippen LogP contribution in [0.5, 0.6) is 0 Å². The number of carbonyl (C=O) groups is 1. The Balaban J connectivity index is 1.91.